The van der Waals surface area contributed by atoms with E-state index in [4.69, 9.17) is 0 Å². The van der Waals surface area contributed by atoms with E-state index in [0.717, 1.165) is 18.1 Å². The number of aromatic nitrogens is 1. The zero-order chi connectivity index (χ0) is 9.47. The Morgan fingerprint density at radius 1 is 1.69 bits per heavy atom. The predicted octanol–water partition coefficient (Wildman–Crippen LogP) is 1.41. The van der Waals surface area contributed by atoms with E-state index < -0.39 is 5.60 Å². The average molecular weight is 198 g/mol. The summed E-state index contributed by atoms with van der Waals surface area (Å²) in [6.07, 6.45) is 2.72. The van der Waals surface area contributed by atoms with E-state index in [2.05, 4.69) is 16.8 Å². The van der Waals surface area contributed by atoms with E-state index in [1.165, 1.54) is 4.88 Å². The normalized spacial score (nSPS) is 28.4. The molecule has 1 saturated heterocycles. The zero-order valence-corrected chi connectivity index (χ0v) is 8.77. The molecule has 0 bridgehead atoms. The molecule has 3 nitrogen and oxygen atoms in total. The zero-order valence-electron chi connectivity index (χ0n) is 7.95. The maximum atomic E-state index is 9.77. The molecule has 4 heteroatoms. The number of aryl methyl sites for hydroxylation is 1. The van der Waals surface area contributed by atoms with Crippen molar-refractivity contribution in [1.82, 2.24) is 4.98 Å². The summed E-state index contributed by atoms with van der Waals surface area (Å²) in [6, 6.07) is 0. The van der Waals surface area contributed by atoms with E-state index in [0.29, 0.717) is 6.54 Å². The lowest BCUT2D eigenvalue weighted by atomic mass is 10.1. The number of hydrogen-bond donors (Lipinski definition) is 1. The maximum Gasteiger partial charge on any atom is 0.185 e. The van der Waals surface area contributed by atoms with Gasteiger partial charge in [0.25, 0.3) is 0 Å². The molecule has 1 atom stereocenters. The lowest BCUT2D eigenvalue weighted by molar-refractivity contribution is 0.0839. The molecule has 0 spiro atoms. The number of aliphatic hydroxyl groups is 1. The molecule has 1 aromatic rings. The molecule has 2 rings (SSSR count). The van der Waals surface area contributed by atoms with Crippen LogP contribution in [0.3, 0.4) is 0 Å². The van der Waals surface area contributed by atoms with Crippen LogP contribution >= 0.6 is 11.3 Å². The highest BCUT2D eigenvalue weighted by Crippen LogP contribution is 2.29. The van der Waals surface area contributed by atoms with Crippen LogP contribution in [0.1, 0.15) is 18.2 Å². The van der Waals surface area contributed by atoms with Crippen molar-refractivity contribution in [3.63, 3.8) is 0 Å². The van der Waals surface area contributed by atoms with Gasteiger partial charge in [0.2, 0.25) is 0 Å². The molecule has 1 fully saturated rings. The van der Waals surface area contributed by atoms with Crippen LogP contribution in [0.25, 0.3) is 0 Å². The summed E-state index contributed by atoms with van der Waals surface area (Å²) in [4.78, 5) is 7.67. The second kappa shape index (κ2) is 2.96. The number of hydrogen-bond acceptors (Lipinski definition) is 4. The van der Waals surface area contributed by atoms with Gasteiger partial charge in [-0.05, 0) is 20.3 Å². The molecule has 2 heterocycles. The van der Waals surface area contributed by atoms with E-state index in [-0.39, 0.29) is 0 Å². The van der Waals surface area contributed by atoms with Gasteiger partial charge in [-0.3, -0.25) is 0 Å². The first-order chi connectivity index (χ1) is 6.07. The summed E-state index contributed by atoms with van der Waals surface area (Å²) in [5.74, 6) is 0. The van der Waals surface area contributed by atoms with E-state index in [1.54, 1.807) is 11.3 Å². The Balaban J connectivity index is 2.12. The topological polar surface area (TPSA) is 36.4 Å². The van der Waals surface area contributed by atoms with Crippen LogP contribution in [0.15, 0.2) is 6.20 Å². The van der Waals surface area contributed by atoms with Crippen molar-refractivity contribution in [3.8, 4) is 0 Å². The smallest absolute Gasteiger partial charge is 0.185 e. The first kappa shape index (κ1) is 8.97. The van der Waals surface area contributed by atoms with Crippen molar-refractivity contribution >= 4 is 16.5 Å². The molecule has 1 N–H and O–H groups in total. The monoisotopic (exact) mass is 198 g/mol. The number of rotatable bonds is 1. The Hall–Kier alpha value is -0.610. The fraction of sp³-hybridized carbons (Fsp3) is 0.667. The van der Waals surface area contributed by atoms with Crippen LogP contribution < -0.4 is 4.90 Å². The fourth-order valence-electron chi connectivity index (χ4n) is 1.60. The summed E-state index contributed by atoms with van der Waals surface area (Å²) < 4.78 is 0. The van der Waals surface area contributed by atoms with Crippen molar-refractivity contribution in [2.24, 2.45) is 0 Å². The Bertz CT molecular complexity index is 308. The molecular weight excluding hydrogens is 184 g/mol. The molecule has 0 aromatic carbocycles. The van der Waals surface area contributed by atoms with Crippen LogP contribution in [0, 0.1) is 6.92 Å². The van der Waals surface area contributed by atoms with Gasteiger partial charge in [-0.2, -0.15) is 0 Å². The lowest BCUT2D eigenvalue weighted by Gasteiger charge is -2.17. The largest absolute Gasteiger partial charge is 0.388 e. The predicted molar refractivity (Wildman–Crippen MR) is 54.3 cm³/mol. The van der Waals surface area contributed by atoms with Gasteiger partial charge < -0.3 is 10.0 Å². The second-order valence-corrected chi connectivity index (χ2v) is 5.14. The van der Waals surface area contributed by atoms with Crippen molar-refractivity contribution in [2.45, 2.75) is 25.9 Å². The highest BCUT2D eigenvalue weighted by Gasteiger charge is 2.32. The fourth-order valence-corrected chi connectivity index (χ4v) is 2.38. The van der Waals surface area contributed by atoms with E-state index in [1.807, 2.05) is 13.1 Å². The van der Waals surface area contributed by atoms with Crippen molar-refractivity contribution in [3.05, 3.63) is 11.1 Å². The van der Waals surface area contributed by atoms with Crippen molar-refractivity contribution in [2.75, 3.05) is 18.0 Å². The number of nitrogens with zero attached hydrogens (tertiary/aromatic N) is 2. The maximum absolute atomic E-state index is 9.77. The standard InChI is InChI=1S/C9H14N2OS/c1-7-5-10-8(13-7)11-4-3-9(2,12)6-11/h5,12H,3-4,6H2,1-2H3. The molecule has 1 aromatic heterocycles. The van der Waals surface area contributed by atoms with Gasteiger partial charge in [-0.15, -0.1) is 11.3 Å². The average Bonchev–Trinajstić information content (AvgIpc) is 2.56. The van der Waals surface area contributed by atoms with Crippen LogP contribution in [-0.2, 0) is 0 Å². The second-order valence-electron chi connectivity index (χ2n) is 3.92. The minimum absolute atomic E-state index is 0.528. The summed E-state index contributed by atoms with van der Waals surface area (Å²) >= 11 is 1.69. The third kappa shape index (κ3) is 1.84. The quantitative estimate of drug-likeness (QED) is 0.741. The highest BCUT2D eigenvalue weighted by atomic mass is 32.1. The summed E-state index contributed by atoms with van der Waals surface area (Å²) in [5, 5.41) is 10.8. The molecule has 0 amide bonds. The molecule has 13 heavy (non-hydrogen) atoms. The van der Waals surface area contributed by atoms with Crippen molar-refractivity contribution < 1.29 is 5.11 Å². The van der Waals surface area contributed by atoms with Gasteiger partial charge in [0.15, 0.2) is 5.13 Å². The van der Waals surface area contributed by atoms with Crippen LogP contribution in [0.2, 0.25) is 0 Å². The molecule has 1 aliphatic rings. The van der Waals surface area contributed by atoms with Crippen LogP contribution in [0.4, 0.5) is 5.13 Å². The van der Waals surface area contributed by atoms with Gasteiger partial charge in [-0.25, -0.2) is 4.98 Å². The Morgan fingerprint density at radius 2 is 2.46 bits per heavy atom. The minimum atomic E-state index is -0.528. The molecule has 1 unspecified atom stereocenters. The van der Waals surface area contributed by atoms with Crippen LogP contribution in [0.5, 0.6) is 0 Å². The third-order valence-electron chi connectivity index (χ3n) is 2.33. The van der Waals surface area contributed by atoms with E-state index in [9.17, 15) is 5.11 Å². The third-order valence-corrected chi connectivity index (χ3v) is 3.30. The van der Waals surface area contributed by atoms with Gasteiger partial charge in [0.1, 0.15) is 0 Å². The highest BCUT2D eigenvalue weighted by molar-refractivity contribution is 7.15. The Morgan fingerprint density at radius 3 is 2.92 bits per heavy atom. The molecule has 72 valence electrons. The van der Waals surface area contributed by atoms with Gasteiger partial charge in [0.05, 0.1) is 5.60 Å². The molecule has 0 aliphatic carbocycles. The molecular formula is C9H14N2OS. The SMILES string of the molecule is Cc1cnc(N2CCC(C)(O)C2)s1. The van der Waals surface area contributed by atoms with Gasteiger partial charge in [0, 0.05) is 24.2 Å². The number of anilines is 1. The summed E-state index contributed by atoms with van der Waals surface area (Å²) in [7, 11) is 0. The van der Waals surface area contributed by atoms with Crippen LogP contribution in [-0.4, -0.2) is 28.8 Å². The molecule has 0 saturated carbocycles. The molecule has 1 aliphatic heterocycles. The Labute approximate surface area is 82.0 Å². The summed E-state index contributed by atoms with van der Waals surface area (Å²) in [6.45, 7) is 5.56. The minimum Gasteiger partial charge on any atom is -0.388 e. The van der Waals surface area contributed by atoms with E-state index >= 15 is 0 Å². The lowest BCUT2D eigenvalue weighted by Crippen LogP contribution is -2.29. The first-order valence-electron chi connectivity index (χ1n) is 4.47. The summed E-state index contributed by atoms with van der Waals surface area (Å²) in [5.41, 5.74) is -0.528. The number of β-amino-alcohol motifs (C(OH)–C–C–N with tert-alkyl or cyclic N) is 1. The van der Waals surface area contributed by atoms with Gasteiger partial charge >= 0.3 is 0 Å². The molecule has 0 radical (unpaired) electrons. The first-order valence-corrected chi connectivity index (χ1v) is 5.28. The number of thiazole rings is 1. The van der Waals surface area contributed by atoms with Crippen molar-refractivity contribution in [1.29, 1.82) is 0 Å². The Kier molecular flexibility index (Phi) is 2.04. The van der Waals surface area contributed by atoms with Gasteiger partial charge in [-0.1, -0.05) is 0 Å².